The van der Waals surface area contributed by atoms with Crippen molar-refractivity contribution in [3.8, 4) is 5.69 Å². The van der Waals surface area contributed by atoms with Crippen molar-refractivity contribution in [2.75, 3.05) is 0 Å². The summed E-state index contributed by atoms with van der Waals surface area (Å²) in [5.41, 5.74) is 0.0476. The van der Waals surface area contributed by atoms with Crippen LogP contribution in [0.5, 0.6) is 0 Å². The maximum Gasteiger partial charge on any atom is 0.114 e. The summed E-state index contributed by atoms with van der Waals surface area (Å²) >= 11 is 3.30. The highest BCUT2D eigenvalue weighted by atomic mass is 79.9. The minimum absolute atomic E-state index is 0.0813. The third kappa shape index (κ3) is 1.85. The van der Waals surface area contributed by atoms with E-state index in [1.54, 1.807) is 24.3 Å². The normalized spacial score (nSPS) is 19.7. The van der Waals surface area contributed by atoms with E-state index in [1.807, 2.05) is 0 Å². The van der Waals surface area contributed by atoms with E-state index >= 15 is 0 Å². The molecule has 0 atom stereocenters. The smallest absolute Gasteiger partial charge is 0.114 e. The van der Waals surface area contributed by atoms with Crippen LogP contribution in [0.3, 0.4) is 0 Å². The molecule has 0 bridgehead atoms. The van der Waals surface area contributed by atoms with Crippen molar-refractivity contribution in [1.29, 1.82) is 0 Å². The zero-order valence-electron chi connectivity index (χ0n) is 18.1. The molecule has 18 heavy (non-hydrogen) atoms. The molecule has 0 fully saturated rings. The van der Waals surface area contributed by atoms with Gasteiger partial charge in [-0.15, -0.1) is 0 Å². The number of aromatic nitrogens is 2. The van der Waals surface area contributed by atoms with Crippen molar-refractivity contribution in [3.63, 3.8) is 0 Å². The lowest BCUT2D eigenvalue weighted by Crippen LogP contribution is -1.99. The first-order valence-electron chi connectivity index (χ1n) is 9.63. The standard InChI is InChI=1S/C15H13BrN2/c1-2-15-17-13-8-3-4-9-14(13)18(15)12-7-5-6-11(16)10-12/h3-10H,2H2,1H3/i1D3,2D2,3D,4D,8D,9D. The average Bonchev–Trinajstić information content (AvgIpc) is 2.98. The van der Waals surface area contributed by atoms with Crippen LogP contribution in [0.15, 0.2) is 52.9 Å². The van der Waals surface area contributed by atoms with Gasteiger partial charge in [0, 0.05) is 23.4 Å². The molecule has 0 unspecified atom stereocenters. The number of aryl methyl sites for hydroxylation is 1. The van der Waals surface area contributed by atoms with Crippen LogP contribution in [0.2, 0.25) is 0 Å². The summed E-state index contributed by atoms with van der Waals surface area (Å²) in [5, 5.41) is 0. The molecule has 3 aromatic rings. The van der Waals surface area contributed by atoms with Gasteiger partial charge in [-0.2, -0.15) is 0 Å². The van der Waals surface area contributed by atoms with Gasteiger partial charge in [-0.1, -0.05) is 40.9 Å². The molecule has 0 radical (unpaired) electrons. The summed E-state index contributed by atoms with van der Waals surface area (Å²) in [4.78, 5) is 4.02. The fourth-order valence-electron chi connectivity index (χ4n) is 1.75. The monoisotopic (exact) mass is 309 g/mol. The van der Waals surface area contributed by atoms with Crippen molar-refractivity contribution >= 4 is 27.0 Å². The lowest BCUT2D eigenvalue weighted by molar-refractivity contribution is 0.908. The Hall–Kier alpha value is -1.61. The Morgan fingerprint density at radius 2 is 2.33 bits per heavy atom. The molecule has 0 N–H and O–H groups in total. The van der Waals surface area contributed by atoms with Crippen LogP contribution in [-0.4, -0.2) is 9.55 Å². The molecule has 3 heteroatoms. The summed E-state index contributed by atoms with van der Waals surface area (Å²) in [5.74, 6) is -0.511. The van der Waals surface area contributed by atoms with Gasteiger partial charge in [0.25, 0.3) is 0 Å². The number of imidazole rings is 1. The van der Waals surface area contributed by atoms with Crippen LogP contribution < -0.4 is 0 Å². The zero-order valence-corrected chi connectivity index (χ0v) is 10.7. The van der Waals surface area contributed by atoms with Gasteiger partial charge in [0.2, 0.25) is 0 Å². The number of fused-ring (bicyclic) bond motifs is 1. The first-order valence-corrected chi connectivity index (χ1v) is 5.92. The van der Waals surface area contributed by atoms with Gasteiger partial charge >= 0.3 is 0 Å². The molecule has 1 aromatic heterocycles. The quantitative estimate of drug-likeness (QED) is 0.688. The van der Waals surface area contributed by atoms with E-state index in [1.165, 1.54) is 0 Å². The molecule has 0 aliphatic rings. The Balaban J connectivity index is 2.55. The highest BCUT2D eigenvalue weighted by Crippen LogP contribution is 2.23. The number of benzene rings is 2. The van der Waals surface area contributed by atoms with Crippen LogP contribution in [0, 0.1) is 0 Å². The summed E-state index contributed by atoms with van der Waals surface area (Å²) in [6, 6.07) is 4.61. The highest BCUT2D eigenvalue weighted by molar-refractivity contribution is 9.10. The topological polar surface area (TPSA) is 17.8 Å². The van der Waals surface area contributed by atoms with Gasteiger partial charge in [0.1, 0.15) is 5.82 Å². The van der Waals surface area contributed by atoms with E-state index in [2.05, 4.69) is 20.9 Å². The second-order valence-corrected chi connectivity index (χ2v) is 4.49. The van der Waals surface area contributed by atoms with Crippen molar-refractivity contribution in [2.24, 2.45) is 0 Å². The minimum atomic E-state index is -3.06. The lowest BCUT2D eigenvalue weighted by Gasteiger charge is -2.08. The summed E-state index contributed by atoms with van der Waals surface area (Å²) in [6.45, 7) is -3.06. The fraction of sp³-hybridized carbons (Fsp3) is 0.133. The molecule has 0 saturated heterocycles. The maximum atomic E-state index is 8.22. The summed E-state index contributed by atoms with van der Waals surface area (Å²) in [7, 11) is 0. The third-order valence-electron chi connectivity index (χ3n) is 2.48. The van der Waals surface area contributed by atoms with E-state index in [0.717, 1.165) is 4.57 Å². The van der Waals surface area contributed by atoms with Gasteiger partial charge in [-0.3, -0.25) is 4.57 Å². The van der Waals surface area contributed by atoms with Gasteiger partial charge in [-0.25, -0.2) is 4.98 Å². The number of para-hydroxylation sites is 2. The molecular weight excluding hydrogens is 288 g/mol. The van der Waals surface area contributed by atoms with E-state index in [9.17, 15) is 0 Å². The van der Waals surface area contributed by atoms with Crippen molar-refractivity contribution in [1.82, 2.24) is 9.55 Å². The van der Waals surface area contributed by atoms with Crippen molar-refractivity contribution < 1.29 is 12.3 Å². The lowest BCUT2D eigenvalue weighted by atomic mass is 10.2. The molecule has 0 spiro atoms. The summed E-state index contributed by atoms with van der Waals surface area (Å²) in [6.07, 6.45) is -2.89. The first-order chi connectivity index (χ1) is 12.4. The molecule has 3 rings (SSSR count). The van der Waals surface area contributed by atoms with Gasteiger partial charge < -0.3 is 0 Å². The van der Waals surface area contributed by atoms with Crippen LogP contribution in [0.4, 0.5) is 0 Å². The number of hydrogen-bond acceptors (Lipinski definition) is 1. The molecule has 90 valence electrons. The maximum absolute atomic E-state index is 8.22. The molecule has 0 saturated carbocycles. The van der Waals surface area contributed by atoms with Crippen LogP contribution in [-0.2, 0) is 6.37 Å². The van der Waals surface area contributed by atoms with Gasteiger partial charge in [0.05, 0.1) is 16.5 Å². The zero-order chi connectivity index (χ0) is 20.3. The minimum Gasteiger partial charge on any atom is -0.296 e. The Bertz CT molecular complexity index is 1060. The predicted molar refractivity (Wildman–Crippen MR) is 78.1 cm³/mol. The second kappa shape index (κ2) is 4.58. The number of nitrogens with zero attached hydrogens (tertiary/aromatic N) is 2. The largest absolute Gasteiger partial charge is 0.296 e. The second-order valence-electron chi connectivity index (χ2n) is 3.57. The molecule has 0 amide bonds. The molecule has 0 aliphatic heterocycles. The molecule has 2 aromatic carbocycles. The fourth-order valence-corrected chi connectivity index (χ4v) is 2.14. The van der Waals surface area contributed by atoms with Crippen molar-refractivity contribution in [3.05, 3.63) is 58.7 Å². The van der Waals surface area contributed by atoms with Crippen LogP contribution >= 0.6 is 15.9 Å². The van der Waals surface area contributed by atoms with Gasteiger partial charge in [-0.05, 0) is 30.3 Å². The molecule has 2 nitrogen and oxygen atoms in total. The summed E-state index contributed by atoms with van der Waals surface area (Å²) < 4.78 is 72.7. The number of halogens is 1. The van der Waals surface area contributed by atoms with E-state index in [0.29, 0.717) is 10.2 Å². The predicted octanol–water partition coefficient (Wildman–Crippen LogP) is 4.35. The van der Waals surface area contributed by atoms with Crippen LogP contribution in [0.25, 0.3) is 16.7 Å². The first kappa shape index (κ1) is 5.17. The molecule has 0 aliphatic carbocycles. The van der Waals surface area contributed by atoms with E-state index < -0.39 is 43.2 Å². The number of rotatable bonds is 2. The molecule has 1 heterocycles. The Morgan fingerprint density at radius 3 is 3.17 bits per heavy atom. The Morgan fingerprint density at radius 1 is 1.44 bits per heavy atom. The SMILES string of the molecule is [2H]c1c([2H])c([2H])c2c(nc(C([2H])([2H])C([2H])([2H])[2H])n2-c2cccc(Br)c2)c1[2H]. The Kier molecular flexibility index (Phi) is 1.32. The molecular formula is C15H13BrN2. The third-order valence-corrected chi connectivity index (χ3v) is 2.97. The highest BCUT2D eigenvalue weighted by Gasteiger charge is 2.10. The number of hydrogen-bond donors (Lipinski definition) is 0. The average molecular weight is 310 g/mol. The van der Waals surface area contributed by atoms with E-state index in [-0.39, 0.29) is 11.0 Å². The van der Waals surface area contributed by atoms with Crippen LogP contribution in [0.1, 0.15) is 25.0 Å². The Labute approximate surface area is 127 Å². The van der Waals surface area contributed by atoms with Gasteiger partial charge in [0.15, 0.2) is 0 Å². The van der Waals surface area contributed by atoms with E-state index in [4.69, 9.17) is 12.3 Å². The van der Waals surface area contributed by atoms with Crippen molar-refractivity contribution in [2.45, 2.75) is 13.2 Å².